The van der Waals surface area contributed by atoms with E-state index in [-0.39, 0.29) is 5.56 Å². The van der Waals surface area contributed by atoms with Crippen LogP contribution in [0.5, 0.6) is 0 Å². The van der Waals surface area contributed by atoms with Crippen molar-refractivity contribution in [3.63, 3.8) is 0 Å². The van der Waals surface area contributed by atoms with Crippen LogP contribution in [0.2, 0.25) is 0 Å². The van der Waals surface area contributed by atoms with Crippen molar-refractivity contribution in [2.45, 2.75) is 0 Å². The Hall–Kier alpha value is -2.14. The summed E-state index contributed by atoms with van der Waals surface area (Å²) in [5.41, 5.74) is 2.12. The highest BCUT2D eigenvalue weighted by Gasteiger charge is 2.09. The highest BCUT2D eigenvalue weighted by Crippen LogP contribution is 2.24. The van der Waals surface area contributed by atoms with Gasteiger partial charge in [0, 0.05) is 5.56 Å². The summed E-state index contributed by atoms with van der Waals surface area (Å²) >= 11 is 3.49. The molecule has 0 radical (unpaired) electrons. The van der Waals surface area contributed by atoms with Crippen molar-refractivity contribution in [1.29, 1.82) is 0 Å². The maximum atomic E-state index is 10.8. The summed E-state index contributed by atoms with van der Waals surface area (Å²) in [5.74, 6) is -0.153. The maximum absolute atomic E-state index is 10.8. The van der Waals surface area contributed by atoms with Crippen LogP contribution in [0.15, 0.2) is 53.3 Å². The molecule has 0 aliphatic rings. The third kappa shape index (κ3) is 2.02. The fraction of sp³-hybridized carbons (Fsp3) is 0. The van der Waals surface area contributed by atoms with E-state index in [4.69, 9.17) is 5.11 Å². The Morgan fingerprint density at radius 1 is 1.16 bits per heavy atom. The van der Waals surface area contributed by atoms with Crippen LogP contribution in [-0.4, -0.2) is 20.5 Å². The van der Waals surface area contributed by atoms with Crippen molar-refractivity contribution >= 4 is 27.4 Å². The Bertz CT molecular complexity index is 763. The number of rotatable bonds is 2. The Kier molecular flexibility index (Phi) is 2.83. The van der Waals surface area contributed by atoms with Crippen LogP contribution in [0.4, 0.5) is 0 Å². The van der Waals surface area contributed by atoms with E-state index in [1.165, 1.54) is 0 Å². The summed E-state index contributed by atoms with van der Waals surface area (Å²) in [6.07, 6.45) is 1.78. The molecule has 3 aromatic rings. The van der Waals surface area contributed by atoms with Crippen molar-refractivity contribution in [3.05, 3.63) is 58.8 Å². The number of aromatic nitrogens is 2. The summed E-state index contributed by atoms with van der Waals surface area (Å²) < 4.78 is 2.87. The zero-order valence-corrected chi connectivity index (χ0v) is 11.3. The lowest BCUT2D eigenvalue weighted by Gasteiger charge is -2.04. The standard InChI is InChI=1S/C14H9BrN2O2/c15-12-3-1-2-11-8-16-13(17(11)12)9-4-6-10(7-5-9)14(18)19/h1-8H,(H,18,19). The summed E-state index contributed by atoms with van der Waals surface area (Å²) in [7, 11) is 0. The maximum Gasteiger partial charge on any atom is 0.335 e. The molecule has 0 aliphatic heterocycles. The Morgan fingerprint density at radius 2 is 1.89 bits per heavy atom. The van der Waals surface area contributed by atoms with Crippen molar-refractivity contribution in [2.24, 2.45) is 0 Å². The first-order valence-corrected chi connectivity index (χ1v) is 6.42. The van der Waals surface area contributed by atoms with Gasteiger partial charge < -0.3 is 5.11 Å². The first kappa shape index (κ1) is 11.9. The molecular weight excluding hydrogens is 308 g/mol. The lowest BCUT2D eigenvalue weighted by molar-refractivity contribution is 0.0697. The topological polar surface area (TPSA) is 54.6 Å². The number of imidazole rings is 1. The van der Waals surface area contributed by atoms with Gasteiger partial charge >= 0.3 is 5.97 Å². The molecular formula is C14H9BrN2O2. The number of carboxylic acid groups (broad SMARTS) is 1. The number of halogens is 1. The van der Waals surface area contributed by atoms with Gasteiger partial charge in [-0.15, -0.1) is 0 Å². The first-order valence-electron chi connectivity index (χ1n) is 5.62. The summed E-state index contributed by atoms with van der Waals surface area (Å²) in [4.78, 5) is 15.2. The van der Waals surface area contributed by atoms with Crippen molar-refractivity contribution in [1.82, 2.24) is 9.38 Å². The van der Waals surface area contributed by atoms with Crippen LogP contribution >= 0.6 is 15.9 Å². The molecule has 1 aromatic carbocycles. The van der Waals surface area contributed by atoms with Gasteiger partial charge in [-0.05, 0) is 40.2 Å². The summed E-state index contributed by atoms with van der Waals surface area (Å²) in [5, 5.41) is 8.89. The monoisotopic (exact) mass is 316 g/mol. The van der Waals surface area contributed by atoms with E-state index in [1.807, 2.05) is 22.6 Å². The molecule has 4 nitrogen and oxygen atoms in total. The first-order chi connectivity index (χ1) is 9.16. The Labute approximate surface area is 117 Å². The number of aromatic carboxylic acids is 1. The van der Waals surface area contributed by atoms with E-state index in [0.29, 0.717) is 0 Å². The average molecular weight is 317 g/mol. The van der Waals surface area contributed by atoms with Gasteiger partial charge in [0.25, 0.3) is 0 Å². The lowest BCUT2D eigenvalue weighted by atomic mass is 10.1. The second-order valence-corrected chi connectivity index (χ2v) is 4.89. The average Bonchev–Trinajstić information content (AvgIpc) is 2.84. The molecule has 3 rings (SSSR count). The molecule has 2 aromatic heterocycles. The SMILES string of the molecule is O=C(O)c1ccc(-c2ncc3cccc(Br)n23)cc1. The second kappa shape index (κ2) is 4.51. The fourth-order valence-electron chi connectivity index (χ4n) is 1.97. The number of benzene rings is 1. The van der Waals surface area contributed by atoms with Crippen molar-refractivity contribution in [3.8, 4) is 11.4 Å². The number of carboxylic acids is 1. The van der Waals surface area contributed by atoms with E-state index in [2.05, 4.69) is 20.9 Å². The molecule has 0 spiro atoms. The molecule has 19 heavy (non-hydrogen) atoms. The largest absolute Gasteiger partial charge is 0.478 e. The van der Waals surface area contributed by atoms with E-state index >= 15 is 0 Å². The van der Waals surface area contributed by atoms with Crippen LogP contribution in [0, 0.1) is 0 Å². The highest BCUT2D eigenvalue weighted by atomic mass is 79.9. The fourth-order valence-corrected chi connectivity index (χ4v) is 2.50. The van der Waals surface area contributed by atoms with Gasteiger partial charge in [0.05, 0.1) is 21.9 Å². The van der Waals surface area contributed by atoms with E-state index in [1.54, 1.807) is 30.5 Å². The number of hydrogen-bond acceptors (Lipinski definition) is 2. The zero-order chi connectivity index (χ0) is 13.4. The number of pyridine rings is 1. The molecule has 1 N–H and O–H groups in total. The minimum absolute atomic E-state index is 0.267. The normalized spacial score (nSPS) is 10.8. The van der Waals surface area contributed by atoms with Gasteiger partial charge in [-0.3, -0.25) is 4.40 Å². The molecule has 0 saturated carbocycles. The number of nitrogens with zero attached hydrogens (tertiary/aromatic N) is 2. The Balaban J connectivity index is 2.16. The van der Waals surface area contributed by atoms with Crippen LogP contribution in [-0.2, 0) is 0 Å². The van der Waals surface area contributed by atoms with Gasteiger partial charge in [-0.2, -0.15) is 0 Å². The van der Waals surface area contributed by atoms with Crippen molar-refractivity contribution in [2.75, 3.05) is 0 Å². The molecule has 0 fully saturated rings. The molecule has 0 bridgehead atoms. The van der Waals surface area contributed by atoms with Crippen LogP contribution in [0.1, 0.15) is 10.4 Å². The third-order valence-corrected chi connectivity index (χ3v) is 3.51. The van der Waals surface area contributed by atoms with E-state index in [0.717, 1.165) is 21.5 Å². The minimum Gasteiger partial charge on any atom is -0.478 e. The summed E-state index contributed by atoms with van der Waals surface area (Å²) in [6.45, 7) is 0. The quantitative estimate of drug-likeness (QED) is 0.737. The smallest absolute Gasteiger partial charge is 0.335 e. The molecule has 0 aliphatic carbocycles. The molecule has 2 heterocycles. The van der Waals surface area contributed by atoms with Crippen LogP contribution in [0.25, 0.3) is 16.9 Å². The number of carbonyl (C=O) groups is 1. The lowest BCUT2D eigenvalue weighted by Crippen LogP contribution is -1.96. The van der Waals surface area contributed by atoms with Gasteiger partial charge in [0.15, 0.2) is 0 Å². The van der Waals surface area contributed by atoms with Crippen molar-refractivity contribution < 1.29 is 9.90 Å². The number of hydrogen-bond donors (Lipinski definition) is 1. The third-order valence-electron chi connectivity index (χ3n) is 2.89. The van der Waals surface area contributed by atoms with Gasteiger partial charge in [-0.25, -0.2) is 9.78 Å². The summed E-state index contributed by atoms with van der Waals surface area (Å²) in [6, 6.07) is 12.5. The van der Waals surface area contributed by atoms with Gasteiger partial charge in [-0.1, -0.05) is 18.2 Å². The highest BCUT2D eigenvalue weighted by molar-refractivity contribution is 9.10. The molecule has 0 saturated heterocycles. The van der Waals surface area contributed by atoms with Crippen LogP contribution < -0.4 is 0 Å². The molecule has 5 heteroatoms. The minimum atomic E-state index is -0.930. The molecule has 0 amide bonds. The van der Waals surface area contributed by atoms with Crippen LogP contribution in [0.3, 0.4) is 0 Å². The van der Waals surface area contributed by atoms with E-state index in [9.17, 15) is 4.79 Å². The van der Waals surface area contributed by atoms with Gasteiger partial charge in [0.2, 0.25) is 0 Å². The molecule has 0 unspecified atom stereocenters. The second-order valence-electron chi connectivity index (χ2n) is 4.07. The molecule has 0 atom stereocenters. The molecule has 94 valence electrons. The van der Waals surface area contributed by atoms with E-state index < -0.39 is 5.97 Å². The Morgan fingerprint density at radius 3 is 2.58 bits per heavy atom. The van der Waals surface area contributed by atoms with Gasteiger partial charge in [0.1, 0.15) is 5.82 Å². The predicted octanol–water partition coefficient (Wildman–Crippen LogP) is 3.46. The predicted molar refractivity (Wildman–Crippen MR) is 75.3 cm³/mol. The zero-order valence-electron chi connectivity index (χ0n) is 9.75. The number of fused-ring (bicyclic) bond motifs is 1.